The Morgan fingerprint density at radius 2 is 0.966 bits per heavy atom. The first-order valence-corrected chi connectivity index (χ1v) is 19.8. The van der Waals surface area contributed by atoms with Gasteiger partial charge in [-0.05, 0) is 99.6 Å². The summed E-state index contributed by atoms with van der Waals surface area (Å²) >= 11 is 0. The number of hydrogen-bond acceptors (Lipinski definition) is 3. The number of rotatable bonds is 5. The fourth-order valence-corrected chi connectivity index (χ4v) is 9.65. The molecule has 58 heavy (non-hydrogen) atoms. The van der Waals surface area contributed by atoms with E-state index < -0.39 is 5.41 Å². The Morgan fingerprint density at radius 1 is 0.345 bits per heavy atom. The molecule has 12 rings (SSSR count). The van der Waals surface area contributed by atoms with Crippen molar-refractivity contribution in [2.24, 2.45) is 0 Å². The number of fused-ring (bicyclic) bond motifs is 12. The van der Waals surface area contributed by atoms with Gasteiger partial charge in [-0.1, -0.05) is 152 Å². The Hall–Kier alpha value is -7.62. The van der Waals surface area contributed by atoms with Crippen molar-refractivity contribution in [1.29, 1.82) is 0 Å². The molecule has 0 saturated heterocycles. The highest BCUT2D eigenvalue weighted by molar-refractivity contribution is 6.07. The summed E-state index contributed by atoms with van der Waals surface area (Å²) in [5.74, 6) is 1.75. The third-order valence-electron chi connectivity index (χ3n) is 12.1. The SMILES string of the molecule is c1ccc(-c2ccc3c(c2)-c2ccc(N(c4ccc5oc6ccccc6c5c4)c4ccccc4-c4ccccc4)cc2C32c3ccccc3Oc3ccccc32)cc1. The van der Waals surface area contributed by atoms with E-state index in [0.717, 1.165) is 72.8 Å². The van der Waals surface area contributed by atoms with Gasteiger partial charge in [0.2, 0.25) is 0 Å². The molecule has 1 aliphatic carbocycles. The van der Waals surface area contributed by atoms with Crippen molar-refractivity contribution in [2.75, 3.05) is 4.90 Å². The lowest BCUT2D eigenvalue weighted by Crippen LogP contribution is -2.32. The summed E-state index contributed by atoms with van der Waals surface area (Å²) in [7, 11) is 0. The van der Waals surface area contributed by atoms with Crippen LogP contribution in [0.2, 0.25) is 0 Å². The Balaban J connectivity index is 1.16. The first-order chi connectivity index (χ1) is 28.8. The standard InChI is InChI=1S/C55H35NO2/c1-3-15-36(16-4-1)38-27-31-46-44(33-38)42-30-28-40(35-49(42)55(46)47-21-9-13-25-53(47)58-54-26-14-10-22-48(54)55)56(50-23-11-7-19-41(50)37-17-5-2-6-18-37)39-29-32-52-45(34-39)43-20-8-12-24-51(43)57-52/h1-35H. The summed E-state index contributed by atoms with van der Waals surface area (Å²) in [4.78, 5) is 2.42. The third kappa shape index (κ3) is 4.74. The average molecular weight is 742 g/mol. The second-order valence-electron chi connectivity index (χ2n) is 15.2. The molecule has 0 bridgehead atoms. The van der Waals surface area contributed by atoms with Gasteiger partial charge in [0.05, 0.1) is 11.1 Å². The smallest absolute Gasteiger partial charge is 0.135 e. The molecule has 0 unspecified atom stereocenters. The van der Waals surface area contributed by atoms with E-state index in [-0.39, 0.29) is 0 Å². The molecule has 0 saturated carbocycles. The quantitative estimate of drug-likeness (QED) is 0.176. The number of benzene rings is 9. The Bertz CT molecular complexity index is 3170. The molecule has 3 heteroatoms. The van der Waals surface area contributed by atoms with Gasteiger partial charge in [-0.15, -0.1) is 0 Å². The van der Waals surface area contributed by atoms with Gasteiger partial charge in [0.25, 0.3) is 0 Å². The van der Waals surface area contributed by atoms with Crippen LogP contribution in [0.3, 0.4) is 0 Å². The second-order valence-corrected chi connectivity index (χ2v) is 15.2. The van der Waals surface area contributed by atoms with Crippen molar-refractivity contribution in [3.63, 3.8) is 0 Å². The third-order valence-corrected chi connectivity index (χ3v) is 12.1. The highest BCUT2D eigenvalue weighted by atomic mass is 16.5. The Kier molecular flexibility index (Phi) is 7.14. The molecule has 3 nitrogen and oxygen atoms in total. The van der Waals surface area contributed by atoms with Gasteiger partial charge in [0, 0.05) is 38.8 Å². The zero-order chi connectivity index (χ0) is 38.2. The van der Waals surface area contributed by atoms with Crippen molar-refractivity contribution >= 4 is 39.0 Å². The number of furan rings is 1. The summed E-state index contributed by atoms with van der Waals surface area (Å²) < 4.78 is 13.1. The zero-order valence-corrected chi connectivity index (χ0v) is 31.5. The van der Waals surface area contributed by atoms with Gasteiger partial charge in [0.15, 0.2) is 0 Å². The van der Waals surface area contributed by atoms with Gasteiger partial charge in [-0.25, -0.2) is 0 Å². The van der Waals surface area contributed by atoms with Crippen LogP contribution in [0.4, 0.5) is 17.1 Å². The number of para-hydroxylation sites is 4. The van der Waals surface area contributed by atoms with Crippen LogP contribution in [0.15, 0.2) is 217 Å². The van der Waals surface area contributed by atoms with E-state index in [2.05, 4.69) is 205 Å². The van der Waals surface area contributed by atoms with Crippen LogP contribution in [-0.2, 0) is 5.41 Å². The fourth-order valence-electron chi connectivity index (χ4n) is 9.65. The Labute approximate surface area is 336 Å². The van der Waals surface area contributed by atoms with Crippen LogP contribution in [0.1, 0.15) is 22.3 Å². The van der Waals surface area contributed by atoms with Crippen molar-refractivity contribution in [2.45, 2.75) is 5.41 Å². The molecule has 1 aliphatic heterocycles. The van der Waals surface area contributed by atoms with Gasteiger partial charge in [0.1, 0.15) is 22.7 Å². The van der Waals surface area contributed by atoms with Gasteiger partial charge < -0.3 is 14.1 Å². The molecule has 0 N–H and O–H groups in total. The molecule has 2 heterocycles. The molecule has 2 aliphatic rings. The zero-order valence-electron chi connectivity index (χ0n) is 31.5. The predicted molar refractivity (Wildman–Crippen MR) is 237 cm³/mol. The molecular formula is C55H35NO2. The molecule has 1 spiro atoms. The Morgan fingerprint density at radius 3 is 1.76 bits per heavy atom. The van der Waals surface area contributed by atoms with Crippen LogP contribution in [0.25, 0.3) is 55.3 Å². The molecule has 10 aromatic rings. The topological polar surface area (TPSA) is 25.6 Å². The average Bonchev–Trinajstić information content (AvgIpc) is 3.80. The van der Waals surface area contributed by atoms with Crippen LogP contribution >= 0.6 is 0 Å². The molecule has 1 aromatic heterocycles. The molecule has 9 aromatic carbocycles. The van der Waals surface area contributed by atoms with E-state index in [1.165, 1.54) is 33.4 Å². The summed E-state index contributed by atoms with van der Waals surface area (Å²) in [5.41, 5.74) is 16.2. The molecular weight excluding hydrogens is 707 g/mol. The van der Waals surface area contributed by atoms with Crippen LogP contribution in [0, 0.1) is 0 Å². The van der Waals surface area contributed by atoms with E-state index in [1.807, 2.05) is 12.1 Å². The fraction of sp³-hybridized carbons (Fsp3) is 0.0182. The van der Waals surface area contributed by atoms with E-state index in [1.54, 1.807) is 0 Å². The minimum atomic E-state index is -0.628. The van der Waals surface area contributed by atoms with E-state index in [4.69, 9.17) is 9.15 Å². The highest BCUT2D eigenvalue weighted by Gasteiger charge is 2.51. The van der Waals surface area contributed by atoms with Crippen LogP contribution in [-0.4, -0.2) is 0 Å². The highest BCUT2D eigenvalue weighted by Crippen LogP contribution is 2.63. The number of anilines is 3. The molecule has 0 fully saturated rings. The maximum absolute atomic E-state index is 6.72. The van der Waals surface area contributed by atoms with E-state index in [0.29, 0.717) is 0 Å². The van der Waals surface area contributed by atoms with Gasteiger partial charge in [-0.3, -0.25) is 0 Å². The summed E-state index contributed by atoms with van der Waals surface area (Å²) in [6.45, 7) is 0. The molecule has 0 atom stereocenters. The summed E-state index contributed by atoms with van der Waals surface area (Å²) in [6, 6.07) is 76.3. The minimum absolute atomic E-state index is 0.628. The van der Waals surface area contributed by atoms with Gasteiger partial charge >= 0.3 is 0 Å². The number of ether oxygens (including phenoxy) is 1. The lowest BCUT2D eigenvalue weighted by molar-refractivity contribution is 0.436. The first kappa shape index (κ1) is 32.6. The van der Waals surface area contributed by atoms with Crippen molar-refractivity contribution in [1.82, 2.24) is 0 Å². The molecule has 0 radical (unpaired) electrons. The van der Waals surface area contributed by atoms with E-state index >= 15 is 0 Å². The van der Waals surface area contributed by atoms with Crippen LogP contribution < -0.4 is 9.64 Å². The monoisotopic (exact) mass is 741 g/mol. The minimum Gasteiger partial charge on any atom is -0.457 e. The maximum atomic E-state index is 6.72. The number of hydrogen-bond donors (Lipinski definition) is 0. The first-order valence-electron chi connectivity index (χ1n) is 19.8. The van der Waals surface area contributed by atoms with Crippen molar-refractivity contribution < 1.29 is 9.15 Å². The van der Waals surface area contributed by atoms with Gasteiger partial charge in [-0.2, -0.15) is 0 Å². The van der Waals surface area contributed by atoms with Crippen molar-refractivity contribution in [3.8, 4) is 44.9 Å². The summed E-state index contributed by atoms with van der Waals surface area (Å²) in [5, 5.41) is 2.18. The normalized spacial score (nSPS) is 13.1. The number of nitrogens with zero attached hydrogens (tertiary/aromatic N) is 1. The predicted octanol–water partition coefficient (Wildman–Crippen LogP) is 14.9. The molecule has 0 amide bonds. The maximum Gasteiger partial charge on any atom is 0.135 e. The van der Waals surface area contributed by atoms with E-state index in [9.17, 15) is 0 Å². The summed E-state index contributed by atoms with van der Waals surface area (Å²) in [6.07, 6.45) is 0. The van der Waals surface area contributed by atoms with Crippen molar-refractivity contribution in [3.05, 3.63) is 235 Å². The molecule has 272 valence electrons. The lowest BCUT2D eigenvalue weighted by Gasteiger charge is -2.39. The van der Waals surface area contributed by atoms with Crippen LogP contribution in [0.5, 0.6) is 11.5 Å². The largest absolute Gasteiger partial charge is 0.457 e. The second kappa shape index (κ2) is 12.7. The lowest BCUT2D eigenvalue weighted by atomic mass is 9.66.